The number of unbranched alkanes of at least 4 members (excludes halogenated alkanes) is 7. The average Bonchev–Trinajstić information content (AvgIpc) is 2.88. The molecule has 0 aromatic rings. The summed E-state index contributed by atoms with van der Waals surface area (Å²) < 4.78 is 15.6. The van der Waals surface area contributed by atoms with E-state index in [-0.39, 0.29) is 24.8 Å². The molecule has 1 fully saturated rings. The molecule has 0 saturated carbocycles. The van der Waals surface area contributed by atoms with Crippen LogP contribution < -0.4 is 0 Å². The number of hydrogen-bond donors (Lipinski definition) is 0. The van der Waals surface area contributed by atoms with E-state index < -0.39 is 6.16 Å². The Kier molecular flexibility index (Phi) is 20.0. The molecule has 1 aliphatic rings. The largest absolute Gasteiger partial charge is 0.511 e. The lowest BCUT2D eigenvalue weighted by Crippen LogP contribution is -2.37. The number of carbonyl (C=O) groups is 2. The summed E-state index contributed by atoms with van der Waals surface area (Å²) in [5.41, 5.74) is 0. The van der Waals surface area contributed by atoms with Gasteiger partial charge < -0.3 is 19.1 Å². The van der Waals surface area contributed by atoms with Gasteiger partial charge in [0.1, 0.15) is 6.10 Å². The van der Waals surface area contributed by atoms with E-state index in [2.05, 4.69) is 50.0 Å². The van der Waals surface area contributed by atoms with Gasteiger partial charge in [-0.05, 0) is 64.3 Å². The molecule has 0 radical (unpaired) electrons. The lowest BCUT2D eigenvalue weighted by molar-refractivity contribution is -0.159. The van der Waals surface area contributed by atoms with Gasteiger partial charge in [0.25, 0.3) is 0 Å². The topological polar surface area (TPSA) is 65.1 Å². The van der Waals surface area contributed by atoms with Gasteiger partial charge in [-0.1, -0.05) is 83.6 Å². The molecule has 0 N–H and O–H groups in total. The molecule has 0 spiro atoms. The Hall–Kier alpha value is -1.82. The monoisotopic (exact) mass is 507 g/mol. The van der Waals surface area contributed by atoms with Gasteiger partial charge in [0.2, 0.25) is 6.79 Å². The Bertz CT molecular complexity index is 610. The minimum absolute atomic E-state index is 0.114. The van der Waals surface area contributed by atoms with Gasteiger partial charge in [-0.3, -0.25) is 4.79 Å². The minimum Gasteiger partial charge on any atom is -0.431 e. The van der Waals surface area contributed by atoms with Crippen LogP contribution in [0.5, 0.6) is 0 Å². The molecule has 0 aromatic heterocycles. The second-order valence-corrected chi connectivity index (χ2v) is 9.88. The van der Waals surface area contributed by atoms with Gasteiger partial charge in [0.15, 0.2) is 0 Å². The molecule has 0 aliphatic carbocycles. The van der Waals surface area contributed by atoms with Crippen molar-refractivity contribution >= 4 is 12.1 Å². The van der Waals surface area contributed by atoms with Crippen LogP contribution in [-0.2, 0) is 19.0 Å². The number of hydrogen-bond acceptors (Lipinski definition) is 6. The molecule has 0 aromatic carbocycles. The Labute approximate surface area is 220 Å². The zero-order valence-corrected chi connectivity index (χ0v) is 23.4. The molecular weight excluding hydrogens is 454 g/mol. The quantitative estimate of drug-likeness (QED) is 0.0720. The van der Waals surface area contributed by atoms with Crippen LogP contribution in [0.15, 0.2) is 24.3 Å². The molecule has 208 valence electrons. The standard InChI is InChI=1S/C30H53NO5/c1-4-7-8-9-10-11-12-13-14-15-16-17-18-19-21-27(20-5-2)29(32)34-26-35-30(33)36-28-22-24-31(6-3)25-23-28/h10-11,13-14,27-28H,4-9,12,15-26H2,1-3H3. The lowest BCUT2D eigenvalue weighted by atomic mass is 9.96. The van der Waals surface area contributed by atoms with Gasteiger partial charge in [0.05, 0.1) is 5.92 Å². The van der Waals surface area contributed by atoms with Crippen molar-refractivity contribution in [2.24, 2.45) is 5.92 Å². The van der Waals surface area contributed by atoms with Crippen LogP contribution in [0, 0.1) is 5.92 Å². The summed E-state index contributed by atoms with van der Waals surface area (Å²) in [5, 5.41) is 0. The third-order valence-electron chi connectivity index (χ3n) is 6.85. The molecule has 6 nitrogen and oxygen atoms in total. The highest BCUT2D eigenvalue weighted by Crippen LogP contribution is 2.19. The summed E-state index contributed by atoms with van der Waals surface area (Å²) in [4.78, 5) is 26.7. The van der Waals surface area contributed by atoms with Crippen molar-refractivity contribution < 1.29 is 23.8 Å². The highest BCUT2D eigenvalue weighted by Gasteiger charge is 2.23. The van der Waals surface area contributed by atoms with Crippen molar-refractivity contribution in [3.05, 3.63) is 24.3 Å². The number of allylic oxidation sites excluding steroid dienone is 4. The predicted octanol–water partition coefficient (Wildman–Crippen LogP) is 7.96. The minimum atomic E-state index is -0.748. The van der Waals surface area contributed by atoms with Crippen LogP contribution in [0.2, 0.25) is 0 Å². The van der Waals surface area contributed by atoms with E-state index in [4.69, 9.17) is 14.2 Å². The first-order chi connectivity index (χ1) is 17.6. The summed E-state index contributed by atoms with van der Waals surface area (Å²) in [6.07, 6.45) is 24.2. The smallest absolute Gasteiger partial charge is 0.431 e. The molecule has 1 heterocycles. The van der Waals surface area contributed by atoms with E-state index in [0.29, 0.717) is 0 Å². The number of esters is 1. The maximum absolute atomic E-state index is 12.5. The third kappa shape index (κ3) is 16.8. The number of nitrogens with zero attached hydrogens (tertiary/aromatic N) is 1. The van der Waals surface area contributed by atoms with Crippen molar-refractivity contribution in [2.75, 3.05) is 26.4 Å². The van der Waals surface area contributed by atoms with Crippen molar-refractivity contribution in [1.29, 1.82) is 0 Å². The van der Waals surface area contributed by atoms with E-state index in [0.717, 1.165) is 77.4 Å². The van der Waals surface area contributed by atoms with Crippen LogP contribution in [0.4, 0.5) is 4.79 Å². The van der Waals surface area contributed by atoms with Crippen LogP contribution in [-0.4, -0.2) is 49.6 Å². The Balaban J connectivity index is 2.08. The highest BCUT2D eigenvalue weighted by molar-refractivity contribution is 5.72. The molecule has 1 unspecified atom stereocenters. The van der Waals surface area contributed by atoms with Gasteiger partial charge in [-0.2, -0.15) is 0 Å². The summed E-state index contributed by atoms with van der Waals surface area (Å²) >= 11 is 0. The zero-order valence-electron chi connectivity index (χ0n) is 23.4. The van der Waals surface area contributed by atoms with Crippen LogP contribution >= 0.6 is 0 Å². The van der Waals surface area contributed by atoms with E-state index in [1.54, 1.807) is 0 Å². The summed E-state index contributed by atoms with van der Waals surface area (Å²) in [6, 6.07) is 0. The van der Waals surface area contributed by atoms with E-state index in [9.17, 15) is 9.59 Å². The molecule has 1 atom stereocenters. The maximum Gasteiger partial charge on any atom is 0.511 e. The molecule has 6 heteroatoms. The summed E-state index contributed by atoms with van der Waals surface area (Å²) in [6.45, 7) is 8.94. The molecular formula is C30H53NO5. The third-order valence-corrected chi connectivity index (χ3v) is 6.85. The first-order valence-corrected chi connectivity index (χ1v) is 14.6. The number of rotatable bonds is 20. The zero-order chi connectivity index (χ0) is 26.3. The molecule has 0 bridgehead atoms. The van der Waals surface area contributed by atoms with Crippen LogP contribution in [0.25, 0.3) is 0 Å². The lowest BCUT2D eigenvalue weighted by Gasteiger charge is -2.30. The molecule has 1 rings (SSSR count). The fraction of sp³-hybridized carbons (Fsp3) is 0.800. The Morgan fingerprint density at radius 1 is 0.806 bits per heavy atom. The fourth-order valence-corrected chi connectivity index (χ4v) is 4.52. The van der Waals surface area contributed by atoms with Crippen molar-refractivity contribution in [3.8, 4) is 0 Å². The van der Waals surface area contributed by atoms with Gasteiger partial charge in [0, 0.05) is 13.1 Å². The summed E-state index contributed by atoms with van der Waals surface area (Å²) in [5.74, 6) is -0.399. The van der Waals surface area contributed by atoms with Crippen molar-refractivity contribution in [3.63, 3.8) is 0 Å². The number of carbonyl (C=O) groups excluding carboxylic acids is 2. The molecule has 1 saturated heterocycles. The second-order valence-electron chi connectivity index (χ2n) is 9.88. The van der Waals surface area contributed by atoms with E-state index >= 15 is 0 Å². The number of likely N-dealkylation sites (tertiary alicyclic amines) is 1. The fourth-order valence-electron chi connectivity index (χ4n) is 4.52. The maximum atomic E-state index is 12.5. The summed E-state index contributed by atoms with van der Waals surface area (Å²) in [7, 11) is 0. The first kappa shape index (κ1) is 32.2. The SMILES string of the molecule is CCCCCC=CCC=CCCCCCCC(CCC)C(=O)OCOC(=O)OC1CCN(CC)CC1. The normalized spacial score (nSPS) is 16.0. The first-order valence-electron chi connectivity index (χ1n) is 14.6. The number of ether oxygens (including phenoxy) is 3. The predicted molar refractivity (Wildman–Crippen MR) is 147 cm³/mol. The van der Waals surface area contributed by atoms with Crippen molar-refractivity contribution in [1.82, 2.24) is 4.90 Å². The molecule has 36 heavy (non-hydrogen) atoms. The van der Waals surface area contributed by atoms with Crippen LogP contribution in [0.3, 0.4) is 0 Å². The van der Waals surface area contributed by atoms with Gasteiger partial charge in [-0.25, -0.2) is 4.79 Å². The van der Waals surface area contributed by atoms with Crippen LogP contribution in [0.1, 0.15) is 117 Å². The van der Waals surface area contributed by atoms with Gasteiger partial charge >= 0.3 is 12.1 Å². The average molecular weight is 508 g/mol. The van der Waals surface area contributed by atoms with E-state index in [1.807, 2.05) is 0 Å². The Morgan fingerprint density at radius 2 is 1.47 bits per heavy atom. The van der Waals surface area contributed by atoms with E-state index in [1.165, 1.54) is 38.5 Å². The highest BCUT2D eigenvalue weighted by atomic mass is 16.8. The van der Waals surface area contributed by atoms with Crippen molar-refractivity contribution in [2.45, 2.75) is 123 Å². The molecule has 1 aliphatic heterocycles. The second kappa shape index (κ2) is 22.4. The Morgan fingerprint density at radius 3 is 2.11 bits per heavy atom. The number of piperidine rings is 1. The molecule has 0 amide bonds. The van der Waals surface area contributed by atoms with Gasteiger partial charge in [-0.15, -0.1) is 0 Å².